The third-order valence-corrected chi connectivity index (χ3v) is 7.03. The third kappa shape index (κ3) is 3.49. The molecule has 12 heteroatoms. The molecule has 0 radical (unpaired) electrons. The molecule has 5 aromatic heterocycles. The van der Waals surface area contributed by atoms with Crippen LogP contribution in [0.2, 0.25) is 0 Å². The molecule has 0 aliphatic rings. The van der Waals surface area contributed by atoms with Crippen molar-refractivity contribution < 1.29 is 4.79 Å². The quantitative estimate of drug-likeness (QED) is 0.419. The second kappa shape index (κ2) is 7.90. The average Bonchev–Trinajstić information content (AvgIpc) is 3.48. The van der Waals surface area contributed by atoms with E-state index in [0.717, 1.165) is 15.0 Å². The van der Waals surface area contributed by atoms with Crippen LogP contribution in [0.3, 0.4) is 0 Å². The molecular weight excluding hydrogens is 464 g/mol. The summed E-state index contributed by atoms with van der Waals surface area (Å²) >= 11 is 2.91. The van der Waals surface area contributed by atoms with Crippen molar-refractivity contribution in [3.8, 4) is 10.4 Å². The first kappa shape index (κ1) is 21.0. The Kier molecular flexibility index (Phi) is 5.02. The Morgan fingerprint density at radius 1 is 1.09 bits per heavy atom. The lowest BCUT2D eigenvalue weighted by Gasteiger charge is -2.10. The van der Waals surface area contributed by atoms with Crippen molar-refractivity contribution in [3.05, 3.63) is 72.7 Å². The topological polar surface area (TPSA) is 121 Å². The molecule has 0 spiro atoms. The summed E-state index contributed by atoms with van der Waals surface area (Å²) in [5.74, 6) is -0.478. The van der Waals surface area contributed by atoms with Crippen molar-refractivity contribution in [2.45, 2.75) is 6.54 Å². The minimum absolute atomic E-state index is 0.191. The fourth-order valence-corrected chi connectivity index (χ4v) is 5.30. The molecule has 33 heavy (non-hydrogen) atoms. The van der Waals surface area contributed by atoms with Crippen LogP contribution in [0.5, 0.6) is 0 Å². The van der Waals surface area contributed by atoms with Gasteiger partial charge in [-0.2, -0.15) is 0 Å². The van der Waals surface area contributed by atoms with E-state index in [1.54, 1.807) is 0 Å². The van der Waals surface area contributed by atoms with Crippen LogP contribution in [0.25, 0.3) is 31.7 Å². The molecule has 1 N–H and O–H groups in total. The van der Waals surface area contributed by atoms with Gasteiger partial charge in [-0.25, -0.2) is 14.8 Å². The summed E-state index contributed by atoms with van der Waals surface area (Å²) in [6.07, 6.45) is 2.71. The predicted octanol–water partition coefficient (Wildman–Crippen LogP) is 1.77. The molecule has 5 heterocycles. The molecule has 1 amide bonds. The van der Waals surface area contributed by atoms with Crippen molar-refractivity contribution in [3.63, 3.8) is 0 Å². The normalized spacial score (nSPS) is 11.3. The van der Waals surface area contributed by atoms with E-state index in [2.05, 4.69) is 15.3 Å². The molecule has 0 atom stereocenters. The van der Waals surface area contributed by atoms with E-state index in [0.29, 0.717) is 10.2 Å². The van der Waals surface area contributed by atoms with E-state index in [4.69, 9.17) is 0 Å². The first-order chi connectivity index (χ1) is 15.8. The molecular formula is C21H16N6O4S2. The van der Waals surface area contributed by atoms with Gasteiger partial charge in [0.1, 0.15) is 17.0 Å². The van der Waals surface area contributed by atoms with E-state index in [-0.39, 0.29) is 28.8 Å². The van der Waals surface area contributed by atoms with Gasteiger partial charge in [0.05, 0.1) is 29.0 Å². The van der Waals surface area contributed by atoms with E-state index in [1.807, 2.05) is 22.9 Å². The number of hydrogen-bond acceptors (Lipinski definition) is 8. The second-order valence-corrected chi connectivity index (χ2v) is 9.14. The molecule has 0 fully saturated rings. The summed E-state index contributed by atoms with van der Waals surface area (Å²) in [7, 11) is 2.89. The zero-order valence-electron chi connectivity index (χ0n) is 17.4. The number of hydrogen-bond donors (Lipinski definition) is 1. The second-order valence-electron chi connectivity index (χ2n) is 7.33. The maximum Gasteiger partial charge on any atom is 0.332 e. The molecule has 0 saturated carbocycles. The summed E-state index contributed by atoms with van der Waals surface area (Å²) in [5.41, 5.74) is -0.0148. The number of thiophene rings is 2. The molecule has 0 aliphatic carbocycles. The molecule has 0 unspecified atom stereocenters. The van der Waals surface area contributed by atoms with Gasteiger partial charge in [-0.1, -0.05) is 6.07 Å². The van der Waals surface area contributed by atoms with Gasteiger partial charge in [0.2, 0.25) is 5.91 Å². The van der Waals surface area contributed by atoms with Gasteiger partial charge >= 0.3 is 5.69 Å². The summed E-state index contributed by atoms with van der Waals surface area (Å²) in [4.78, 5) is 60.3. The number of amides is 1. The van der Waals surface area contributed by atoms with E-state index >= 15 is 0 Å². The lowest BCUT2D eigenvalue weighted by atomic mass is 10.2. The highest BCUT2D eigenvalue weighted by Crippen LogP contribution is 2.33. The van der Waals surface area contributed by atoms with Crippen LogP contribution in [0, 0.1) is 0 Å². The molecule has 5 aromatic rings. The van der Waals surface area contributed by atoms with Crippen molar-refractivity contribution in [2.24, 2.45) is 14.1 Å². The van der Waals surface area contributed by atoms with Gasteiger partial charge in [-0.15, -0.1) is 22.7 Å². The number of aromatic nitrogens is 5. The van der Waals surface area contributed by atoms with Gasteiger partial charge in [-0.3, -0.25) is 28.1 Å². The summed E-state index contributed by atoms with van der Waals surface area (Å²) < 4.78 is 3.48. The SMILES string of the molecule is Cn1c(=O)c2cc(NC(=O)Cn3cnc4scc(-c5cccs5)c4c3=O)cnc2n(C)c1=O. The van der Waals surface area contributed by atoms with Crippen molar-refractivity contribution in [1.82, 2.24) is 23.7 Å². The van der Waals surface area contributed by atoms with Crippen LogP contribution in [0.4, 0.5) is 5.69 Å². The van der Waals surface area contributed by atoms with Crippen molar-refractivity contribution in [2.75, 3.05) is 5.32 Å². The van der Waals surface area contributed by atoms with Gasteiger partial charge in [0.15, 0.2) is 0 Å². The number of aryl methyl sites for hydroxylation is 1. The number of anilines is 1. The monoisotopic (exact) mass is 480 g/mol. The molecule has 0 bridgehead atoms. The molecule has 10 nitrogen and oxygen atoms in total. The van der Waals surface area contributed by atoms with E-state index in [9.17, 15) is 19.2 Å². The maximum atomic E-state index is 13.1. The number of carbonyl (C=O) groups is 1. The molecule has 5 rings (SSSR count). The Labute approximate surface area is 193 Å². The lowest BCUT2D eigenvalue weighted by Crippen LogP contribution is -2.37. The third-order valence-electron chi connectivity index (χ3n) is 5.24. The van der Waals surface area contributed by atoms with Crippen molar-refractivity contribution >= 4 is 55.5 Å². The minimum Gasteiger partial charge on any atom is -0.323 e. The van der Waals surface area contributed by atoms with Gasteiger partial charge in [0.25, 0.3) is 11.1 Å². The highest BCUT2D eigenvalue weighted by molar-refractivity contribution is 7.18. The number of fused-ring (bicyclic) bond motifs is 2. The lowest BCUT2D eigenvalue weighted by molar-refractivity contribution is -0.116. The highest BCUT2D eigenvalue weighted by atomic mass is 32.1. The zero-order valence-corrected chi connectivity index (χ0v) is 19.1. The Balaban J connectivity index is 1.46. The van der Waals surface area contributed by atoms with Gasteiger partial charge in [-0.05, 0) is 17.5 Å². The molecule has 166 valence electrons. The Morgan fingerprint density at radius 2 is 1.91 bits per heavy atom. The Bertz CT molecular complexity index is 1730. The standard InChI is InChI=1S/C21H16N6O4S2/c1-25-17-12(19(29)26(2)21(25)31)6-11(7-22-17)24-15(28)8-27-10-23-18-16(20(27)30)13(9-33-18)14-4-3-5-32-14/h3-7,9-10H,8H2,1-2H3,(H,24,28). The molecule has 0 saturated heterocycles. The number of pyridine rings is 1. The van der Waals surface area contributed by atoms with Crippen LogP contribution in [-0.4, -0.2) is 29.6 Å². The molecule has 0 aromatic carbocycles. The van der Waals surface area contributed by atoms with Crippen molar-refractivity contribution in [1.29, 1.82) is 0 Å². The zero-order chi connectivity index (χ0) is 23.3. The average molecular weight is 481 g/mol. The highest BCUT2D eigenvalue weighted by Gasteiger charge is 2.16. The van der Waals surface area contributed by atoms with E-state index < -0.39 is 17.2 Å². The first-order valence-electron chi connectivity index (χ1n) is 9.71. The fourth-order valence-electron chi connectivity index (χ4n) is 3.58. The van der Waals surface area contributed by atoms with Gasteiger partial charge < -0.3 is 5.32 Å². The van der Waals surface area contributed by atoms with Crippen LogP contribution in [-0.2, 0) is 25.4 Å². The van der Waals surface area contributed by atoms with Crippen LogP contribution >= 0.6 is 22.7 Å². The summed E-state index contributed by atoms with van der Waals surface area (Å²) in [6.45, 7) is -0.259. The predicted molar refractivity (Wildman–Crippen MR) is 128 cm³/mol. The molecule has 0 aliphatic heterocycles. The van der Waals surface area contributed by atoms with Crippen LogP contribution in [0.15, 0.2) is 55.9 Å². The first-order valence-corrected chi connectivity index (χ1v) is 11.5. The smallest absolute Gasteiger partial charge is 0.323 e. The fraction of sp³-hybridized carbons (Fsp3) is 0.143. The Hall–Kier alpha value is -3.90. The van der Waals surface area contributed by atoms with Crippen LogP contribution < -0.4 is 22.1 Å². The number of rotatable bonds is 4. The largest absolute Gasteiger partial charge is 0.332 e. The number of nitrogens with one attached hydrogen (secondary N) is 1. The Morgan fingerprint density at radius 3 is 2.67 bits per heavy atom. The van der Waals surface area contributed by atoms with E-state index in [1.165, 1.54) is 64.5 Å². The number of nitrogens with zero attached hydrogens (tertiary/aromatic N) is 5. The summed E-state index contributed by atoms with van der Waals surface area (Å²) in [6, 6.07) is 5.30. The number of carbonyl (C=O) groups excluding carboxylic acids is 1. The maximum absolute atomic E-state index is 13.1. The minimum atomic E-state index is -0.513. The van der Waals surface area contributed by atoms with Crippen LogP contribution in [0.1, 0.15) is 0 Å². The summed E-state index contributed by atoms with van der Waals surface area (Å²) in [5, 5.41) is 7.15. The van der Waals surface area contributed by atoms with Gasteiger partial charge in [0, 0.05) is 29.9 Å².